The number of hydrogen-bond acceptors (Lipinski definition) is 4. The largest absolute Gasteiger partial charge is 0.385 e. The van der Waals surface area contributed by atoms with Crippen molar-refractivity contribution in [3.63, 3.8) is 0 Å². The monoisotopic (exact) mass is 347 g/mol. The molecule has 0 radical (unpaired) electrons. The first-order chi connectivity index (χ1) is 11.6. The van der Waals surface area contributed by atoms with Crippen molar-refractivity contribution in [1.82, 2.24) is 15.5 Å². The lowest BCUT2D eigenvalue weighted by molar-refractivity contribution is -0.125. The van der Waals surface area contributed by atoms with Crippen LogP contribution >= 0.6 is 11.8 Å². The highest BCUT2D eigenvalue weighted by molar-refractivity contribution is 7.98. The highest BCUT2D eigenvalue weighted by atomic mass is 32.2. The van der Waals surface area contributed by atoms with Gasteiger partial charge in [-0.2, -0.15) is 0 Å². The van der Waals surface area contributed by atoms with Gasteiger partial charge < -0.3 is 20.3 Å². The summed E-state index contributed by atoms with van der Waals surface area (Å²) < 4.78 is 5.05. The van der Waals surface area contributed by atoms with E-state index in [0.29, 0.717) is 31.0 Å². The predicted octanol–water partition coefficient (Wildman–Crippen LogP) is 1.90. The summed E-state index contributed by atoms with van der Waals surface area (Å²) in [6.07, 6.45) is 2.79. The number of hydrogen-bond donors (Lipinski definition) is 2. The number of carbonyl (C=O) groups is 2. The van der Waals surface area contributed by atoms with E-state index in [2.05, 4.69) is 10.6 Å². The van der Waals surface area contributed by atoms with Gasteiger partial charge in [0.05, 0.1) is 23.9 Å². The number of thioether (sulfide) groups is 1. The highest BCUT2D eigenvalue weighted by Crippen LogP contribution is 2.33. The Morgan fingerprint density at radius 3 is 2.71 bits per heavy atom. The second kappa shape index (κ2) is 7.27. The minimum atomic E-state index is -0.399. The Kier molecular flexibility index (Phi) is 5.11. The van der Waals surface area contributed by atoms with Crippen LogP contribution in [0.1, 0.15) is 18.0 Å². The number of amides is 3. The molecule has 0 saturated heterocycles. The zero-order chi connectivity index (χ0) is 17.1. The first-order valence-electron chi connectivity index (χ1n) is 7.86. The molecule has 0 saturated carbocycles. The third-order valence-electron chi connectivity index (χ3n) is 4.25. The van der Waals surface area contributed by atoms with Gasteiger partial charge in [-0.05, 0) is 30.4 Å². The molecular formula is C17H21N3O3S. The zero-order valence-corrected chi connectivity index (χ0v) is 14.6. The second-order valence-electron chi connectivity index (χ2n) is 5.77. The quantitative estimate of drug-likeness (QED) is 0.609. The van der Waals surface area contributed by atoms with Crippen molar-refractivity contribution >= 4 is 23.7 Å². The molecule has 1 aromatic rings. The second-order valence-corrected chi connectivity index (χ2v) is 6.65. The van der Waals surface area contributed by atoms with Gasteiger partial charge >= 0.3 is 6.03 Å². The third-order valence-corrected chi connectivity index (χ3v) is 4.99. The van der Waals surface area contributed by atoms with Crippen molar-refractivity contribution in [3.8, 4) is 0 Å². The van der Waals surface area contributed by atoms with Crippen molar-refractivity contribution in [2.24, 2.45) is 0 Å². The molecule has 7 heteroatoms. The van der Waals surface area contributed by atoms with Gasteiger partial charge in [0.1, 0.15) is 0 Å². The smallest absolute Gasteiger partial charge is 0.319 e. The molecule has 2 aliphatic heterocycles. The van der Waals surface area contributed by atoms with Crippen LogP contribution in [0.3, 0.4) is 0 Å². The summed E-state index contributed by atoms with van der Waals surface area (Å²) in [7, 11) is 1.65. The minimum Gasteiger partial charge on any atom is -0.385 e. The number of benzene rings is 1. The number of carbonyl (C=O) groups excluding carboxylic acids is 2. The molecule has 0 spiro atoms. The van der Waals surface area contributed by atoms with Crippen molar-refractivity contribution in [3.05, 3.63) is 41.1 Å². The number of nitrogens with one attached hydrogen (secondary N) is 2. The molecule has 0 unspecified atom stereocenters. The molecule has 0 aromatic heterocycles. The normalized spacial score (nSPS) is 20.1. The first-order valence-corrected chi connectivity index (χ1v) is 9.09. The van der Waals surface area contributed by atoms with E-state index in [1.807, 2.05) is 30.5 Å². The maximum absolute atomic E-state index is 12.8. The first kappa shape index (κ1) is 16.9. The molecular weight excluding hydrogens is 326 g/mol. The number of nitrogens with zero attached hydrogens (tertiary/aromatic N) is 1. The molecule has 1 aromatic carbocycles. The number of rotatable bonds is 6. The Morgan fingerprint density at radius 2 is 2.04 bits per heavy atom. The van der Waals surface area contributed by atoms with E-state index in [1.165, 1.54) is 0 Å². The molecule has 0 fully saturated rings. The Balaban J connectivity index is 1.83. The lowest BCUT2D eigenvalue weighted by atomic mass is 9.96. The van der Waals surface area contributed by atoms with E-state index in [-0.39, 0.29) is 11.9 Å². The predicted molar refractivity (Wildman–Crippen MR) is 92.7 cm³/mol. The molecule has 2 heterocycles. The SMILES string of the molecule is COCCCN1CC2=C(C1=O)[C@H](c1ccc(SC)cc1)NC(=O)N2. The van der Waals surface area contributed by atoms with E-state index in [0.717, 1.165) is 16.9 Å². The van der Waals surface area contributed by atoms with Crippen molar-refractivity contribution in [1.29, 1.82) is 0 Å². The summed E-state index contributed by atoms with van der Waals surface area (Å²) in [4.78, 5) is 27.7. The summed E-state index contributed by atoms with van der Waals surface area (Å²) in [5.74, 6) is -0.0208. The molecule has 2 aliphatic rings. The van der Waals surface area contributed by atoms with Crippen LogP contribution in [0.4, 0.5) is 4.79 Å². The minimum absolute atomic E-state index is 0.0208. The van der Waals surface area contributed by atoms with Crippen LogP contribution in [0, 0.1) is 0 Å². The maximum atomic E-state index is 12.8. The topological polar surface area (TPSA) is 70.7 Å². The van der Waals surface area contributed by atoms with Gasteiger partial charge in [-0.1, -0.05) is 12.1 Å². The summed E-state index contributed by atoms with van der Waals surface area (Å²) in [6.45, 7) is 1.68. The van der Waals surface area contributed by atoms with Gasteiger partial charge in [0.15, 0.2) is 0 Å². The molecule has 3 rings (SSSR count). The average Bonchev–Trinajstić information content (AvgIpc) is 2.90. The molecule has 1 atom stereocenters. The van der Waals surface area contributed by atoms with Gasteiger partial charge in [0.25, 0.3) is 5.91 Å². The van der Waals surface area contributed by atoms with Crippen molar-refractivity contribution < 1.29 is 14.3 Å². The lowest BCUT2D eigenvalue weighted by Gasteiger charge is -2.25. The van der Waals surface area contributed by atoms with E-state index >= 15 is 0 Å². The summed E-state index contributed by atoms with van der Waals surface area (Å²) in [6, 6.07) is 7.28. The summed E-state index contributed by atoms with van der Waals surface area (Å²) >= 11 is 1.66. The van der Waals surface area contributed by atoms with E-state index in [4.69, 9.17) is 4.74 Å². The Morgan fingerprint density at radius 1 is 1.29 bits per heavy atom. The molecule has 0 aliphatic carbocycles. The lowest BCUT2D eigenvalue weighted by Crippen LogP contribution is -2.44. The summed E-state index contributed by atoms with van der Waals surface area (Å²) in [5, 5.41) is 5.66. The van der Waals surface area contributed by atoms with Gasteiger partial charge in [0.2, 0.25) is 0 Å². The summed E-state index contributed by atoms with van der Waals surface area (Å²) in [5.41, 5.74) is 2.27. The molecule has 3 amide bonds. The number of methoxy groups -OCH3 is 1. The van der Waals surface area contributed by atoms with Gasteiger partial charge in [0, 0.05) is 25.2 Å². The van der Waals surface area contributed by atoms with Gasteiger partial charge in [-0.25, -0.2) is 4.79 Å². The maximum Gasteiger partial charge on any atom is 0.319 e. The van der Waals surface area contributed by atoms with Crippen LogP contribution < -0.4 is 10.6 Å². The Bertz CT molecular complexity index is 672. The fraction of sp³-hybridized carbons (Fsp3) is 0.412. The Hall–Kier alpha value is -1.99. The molecule has 24 heavy (non-hydrogen) atoms. The van der Waals surface area contributed by atoms with Crippen LogP contribution in [0.25, 0.3) is 0 Å². The van der Waals surface area contributed by atoms with Crippen molar-refractivity contribution in [2.75, 3.05) is 33.1 Å². The van der Waals surface area contributed by atoms with E-state index in [9.17, 15) is 9.59 Å². The molecule has 0 bridgehead atoms. The number of urea groups is 1. The molecule has 2 N–H and O–H groups in total. The van der Waals surface area contributed by atoms with Crippen LogP contribution in [0.15, 0.2) is 40.4 Å². The van der Waals surface area contributed by atoms with Gasteiger partial charge in [-0.15, -0.1) is 11.8 Å². The fourth-order valence-electron chi connectivity index (χ4n) is 3.05. The van der Waals surface area contributed by atoms with Crippen LogP contribution in [0.2, 0.25) is 0 Å². The number of ether oxygens (including phenoxy) is 1. The molecule has 6 nitrogen and oxygen atoms in total. The molecule has 128 valence electrons. The Labute approximate surface area is 145 Å². The highest BCUT2D eigenvalue weighted by Gasteiger charge is 2.39. The third kappa shape index (κ3) is 3.27. The van der Waals surface area contributed by atoms with Crippen LogP contribution in [0.5, 0.6) is 0 Å². The van der Waals surface area contributed by atoms with Crippen LogP contribution in [-0.4, -0.2) is 49.9 Å². The zero-order valence-electron chi connectivity index (χ0n) is 13.8. The van der Waals surface area contributed by atoms with Crippen molar-refractivity contribution in [2.45, 2.75) is 17.4 Å². The van der Waals surface area contributed by atoms with Crippen LogP contribution in [-0.2, 0) is 9.53 Å². The van der Waals surface area contributed by atoms with E-state index < -0.39 is 6.04 Å². The fourth-order valence-corrected chi connectivity index (χ4v) is 3.46. The standard InChI is InChI=1S/C17H21N3O3S/c1-23-9-3-8-20-10-13-14(16(20)21)15(19-17(22)18-13)11-4-6-12(24-2)7-5-11/h4-7,15H,3,8-10H2,1-2H3,(H2,18,19,22)/t15-/m0/s1. The average molecular weight is 347 g/mol. The van der Waals surface area contributed by atoms with Gasteiger partial charge in [-0.3, -0.25) is 4.79 Å². The van der Waals surface area contributed by atoms with E-state index in [1.54, 1.807) is 23.8 Å².